The van der Waals surface area contributed by atoms with Gasteiger partial charge in [-0.25, -0.2) is 0 Å². The van der Waals surface area contributed by atoms with Crippen molar-refractivity contribution in [3.63, 3.8) is 0 Å². The Kier molecular flexibility index (Phi) is 6.47. The van der Waals surface area contributed by atoms with Gasteiger partial charge < -0.3 is 19.5 Å². The van der Waals surface area contributed by atoms with Crippen molar-refractivity contribution >= 4 is 11.8 Å². The number of ether oxygens (including phenoxy) is 1. The van der Waals surface area contributed by atoms with Gasteiger partial charge in [-0.3, -0.25) is 14.6 Å². The van der Waals surface area contributed by atoms with Gasteiger partial charge >= 0.3 is 6.18 Å². The Hall–Kier alpha value is -2.88. The molecule has 2 unspecified atom stereocenters. The number of hydrogen-bond acceptors (Lipinski definition) is 4. The number of fused-ring (bicyclic) bond motifs is 1. The van der Waals surface area contributed by atoms with Crippen LogP contribution in [0.1, 0.15) is 76.9 Å². The zero-order chi connectivity index (χ0) is 23.8. The van der Waals surface area contributed by atoms with E-state index < -0.39 is 23.8 Å². The summed E-state index contributed by atoms with van der Waals surface area (Å²) in [4.78, 5) is 31.8. The van der Waals surface area contributed by atoms with Crippen LogP contribution in [-0.2, 0) is 24.1 Å². The Morgan fingerprint density at radius 2 is 2.12 bits per heavy atom. The molecule has 0 aromatic carbocycles. The van der Waals surface area contributed by atoms with Crippen molar-refractivity contribution in [1.82, 2.24) is 19.8 Å². The molecule has 2 aliphatic heterocycles. The number of carbonyl (C=O) groups excluding carboxylic acids is 2. The summed E-state index contributed by atoms with van der Waals surface area (Å²) in [5.74, 6) is -0.678. The van der Waals surface area contributed by atoms with Crippen LogP contribution < -0.4 is 5.32 Å². The molecule has 33 heavy (non-hydrogen) atoms. The van der Waals surface area contributed by atoms with Crippen molar-refractivity contribution < 1.29 is 27.5 Å². The zero-order valence-corrected chi connectivity index (χ0v) is 18.6. The molecule has 4 heterocycles. The van der Waals surface area contributed by atoms with Gasteiger partial charge in [0, 0.05) is 30.9 Å². The maximum atomic E-state index is 13.5. The van der Waals surface area contributed by atoms with Crippen molar-refractivity contribution in [2.24, 2.45) is 0 Å². The van der Waals surface area contributed by atoms with E-state index in [1.807, 2.05) is 6.92 Å². The van der Waals surface area contributed by atoms with E-state index in [0.29, 0.717) is 31.1 Å². The minimum Gasteiger partial charge on any atom is -0.373 e. The first kappa shape index (κ1) is 23.3. The van der Waals surface area contributed by atoms with Crippen LogP contribution >= 0.6 is 0 Å². The third kappa shape index (κ3) is 4.48. The summed E-state index contributed by atoms with van der Waals surface area (Å²) in [5.41, 5.74) is 0.120. The Morgan fingerprint density at radius 1 is 1.33 bits per heavy atom. The van der Waals surface area contributed by atoms with Crippen molar-refractivity contribution in [3.8, 4) is 0 Å². The van der Waals surface area contributed by atoms with E-state index in [2.05, 4.69) is 10.3 Å². The van der Waals surface area contributed by atoms with Crippen LogP contribution in [-0.4, -0.2) is 45.5 Å². The van der Waals surface area contributed by atoms with E-state index in [4.69, 9.17) is 4.74 Å². The first-order valence-electron chi connectivity index (χ1n) is 11.2. The molecule has 0 aliphatic carbocycles. The maximum absolute atomic E-state index is 13.5. The first-order chi connectivity index (χ1) is 15.7. The van der Waals surface area contributed by atoms with Gasteiger partial charge in [0.1, 0.15) is 11.4 Å². The minimum absolute atomic E-state index is 0.0904. The number of amides is 2. The average Bonchev–Trinajstić information content (AvgIpc) is 3.40. The summed E-state index contributed by atoms with van der Waals surface area (Å²) in [6, 6.07) is 3.53. The van der Waals surface area contributed by atoms with Gasteiger partial charge in [-0.05, 0) is 38.3 Å². The van der Waals surface area contributed by atoms with Crippen molar-refractivity contribution in [2.75, 3.05) is 13.2 Å². The standard InChI is InChI=1S/C23H27F3N4O3/c1-3-17(15-7-4-8-27-20(15)23(24,25)26)28-21(31)16-12-18(30-10-11-33-13-19(16)30)22(32)29-9-5-6-14(29)2/h4,7-8,12,14,17H,3,5-6,9-11,13H2,1-2H3,(H,28,31). The molecule has 0 saturated carbocycles. The van der Waals surface area contributed by atoms with E-state index in [1.165, 1.54) is 12.1 Å². The van der Waals surface area contributed by atoms with Crippen LogP contribution in [0, 0.1) is 0 Å². The smallest absolute Gasteiger partial charge is 0.373 e. The first-order valence-corrected chi connectivity index (χ1v) is 11.2. The lowest BCUT2D eigenvalue weighted by atomic mass is 10.0. The molecule has 4 rings (SSSR count). The Morgan fingerprint density at radius 3 is 2.79 bits per heavy atom. The van der Waals surface area contributed by atoms with Gasteiger partial charge in [-0.2, -0.15) is 13.2 Å². The van der Waals surface area contributed by atoms with Crippen LogP contribution in [0.4, 0.5) is 13.2 Å². The summed E-state index contributed by atoms with van der Waals surface area (Å²) >= 11 is 0. The molecule has 2 aromatic heterocycles. The number of halogens is 3. The highest BCUT2D eigenvalue weighted by atomic mass is 19.4. The van der Waals surface area contributed by atoms with Crippen LogP contribution in [0.25, 0.3) is 0 Å². The topological polar surface area (TPSA) is 76.5 Å². The highest BCUT2D eigenvalue weighted by molar-refractivity contribution is 6.01. The number of carbonyl (C=O) groups is 2. The molecule has 178 valence electrons. The lowest BCUT2D eigenvalue weighted by Gasteiger charge is -2.24. The molecule has 2 amide bonds. The van der Waals surface area contributed by atoms with Crippen LogP contribution in [0.15, 0.2) is 24.4 Å². The molecule has 0 radical (unpaired) electrons. The van der Waals surface area contributed by atoms with Gasteiger partial charge in [-0.1, -0.05) is 13.0 Å². The predicted molar refractivity (Wildman–Crippen MR) is 114 cm³/mol. The monoisotopic (exact) mass is 464 g/mol. The Bertz CT molecular complexity index is 1050. The SMILES string of the molecule is CCC(NC(=O)c1cc(C(=O)N2CCCC2C)n2c1COCC2)c1cccnc1C(F)(F)F. The van der Waals surface area contributed by atoms with E-state index >= 15 is 0 Å². The highest BCUT2D eigenvalue weighted by Gasteiger charge is 2.37. The number of hydrogen-bond donors (Lipinski definition) is 1. The molecule has 1 fully saturated rings. The molecule has 0 spiro atoms. The second kappa shape index (κ2) is 9.17. The predicted octanol–water partition coefficient (Wildman–Crippen LogP) is 3.94. The van der Waals surface area contributed by atoms with Crippen LogP contribution in [0.2, 0.25) is 0 Å². The van der Waals surface area contributed by atoms with Gasteiger partial charge in [0.2, 0.25) is 0 Å². The number of rotatable bonds is 5. The molecule has 0 bridgehead atoms. The summed E-state index contributed by atoms with van der Waals surface area (Å²) in [6.07, 6.45) is -1.45. The van der Waals surface area contributed by atoms with Gasteiger partial charge in [0.25, 0.3) is 11.8 Å². The van der Waals surface area contributed by atoms with Gasteiger partial charge in [0.15, 0.2) is 0 Å². The van der Waals surface area contributed by atoms with Crippen molar-refractivity contribution in [3.05, 3.63) is 52.6 Å². The summed E-state index contributed by atoms with van der Waals surface area (Å²) in [7, 11) is 0. The number of pyridine rings is 1. The molecular formula is C23H27F3N4O3. The number of nitrogens with one attached hydrogen (secondary N) is 1. The second-order valence-corrected chi connectivity index (χ2v) is 8.46. The molecule has 2 aromatic rings. The zero-order valence-electron chi connectivity index (χ0n) is 18.6. The third-order valence-corrected chi connectivity index (χ3v) is 6.38. The van der Waals surface area contributed by atoms with E-state index in [-0.39, 0.29) is 36.1 Å². The van der Waals surface area contributed by atoms with Gasteiger partial charge in [-0.15, -0.1) is 0 Å². The Balaban J connectivity index is 1.65. The molecule has 1 saturated heterocycles. The number of aromatic nitrogens is 2. The quantitative estimate of drug-likeness (QED) is 0.727. The van der Waals surface area contributed by atoms with E-state index in [0.717, 1.165) is 19.0 Å². The Labute approximate surface area is 189 Å². The van der Waals surface area contributed by atoms with Crippen LogP contribution in [0.5, 0.6) is 0 Å². The molecule has 1 N–H and O–H groups in total. The fourth-order valence-electron chi connectivity index (χ4n) is 4.65. The molecule has 2 atom stereocenters. The second-order valence-electron chi connectivity index (χ2n) is 8.46. The lowest BCUT2D eigenvalue weighted by molar-refractivity contribution is -0.142. The van der Waals surface area contributed by atoms with E-state index in [1.54, 1.807) is 22.5 Å². The lowest BCUT2D eigenvalue weighted by Crippen LogP contribution is -2.35. The average molecular weight is 464 g/mol. The fourth-order valence-corrected chi connectivity index (χ4v) is 4.65. The minimum atomic E-state index is -4.64. The largest absolute Gasteiger partial charge is 0.433 e. The number of likely N-dealkylation sites (tertiary alicyclic amines) is 1. The van der Waals surface area contributed by atoms with Crippen molar-refractivity contribution in [2.45, 2.75) is 64.5 Å². The molecule has 2 aliphatic rings. The molecule has 10 heteroatoms. The molecule has 7 nitrogen and oxygen atoms in total. The third-order valence-electron chi connectivity index (χ3n) is 6.38. The number of alkyl halides is 3. The van der Waals surface area contributed by atoms with Gasteiger partial charge in [0.05, 0.1) is 30.5 Å². The van der Waals surface area contributed by atoms with Crippen LogP contribution in [0.3, 0.4) is 0 Å². The normalized spacial score (nSPS) is 19.3. The van der Waals surface area contributed by atoms with E-state index in [9.17, 15) is 22.8 Å². The fraction of sp³-hybridized carbons (Fsp3) is 0.522. The highest BCUT2D eigenvalue weighted by Crippen LogP contribution is 2.34. The maximum Gasteiger partial charge on any atom is 0.433 e. The summed E-state index contributed by atoms with van der Waals surface area (Å²) in [6.45, 7) is 5.37. The molecular weight excluding hydrogens is 437 g/mol. The van der Waals surface area contributed by atoms with Crippen molar-refractivity contribution in [1.29, 1.82) is 0 Å². The summed E-state index contributed by atoms with van der Waals surface area (Å²) < 4.78 is 47.7. The number of nitrogens with zero attached hydrogens (tertiary/aromatic N) is 3. The summed E-state index contributed by atoms with van der Waals surface area (Å²) in [5, 5.41) is 2.72.